The third-order valence-electron chi connectivity index (χ3n) is 11.2. The molecule has 34 heavy (non-hydrogen) atoms. The first kappa shape index (κ1) is 26.7. The van der Waals surface area contributed by atoms with Crippen LogP contribution in [0.1, 0.15) is 78.6 Å². The van der Waals surface area contributed by atoms with Gasteiger partial charge in [-0.2, -0.15) is 0 Å². The Morgan fingerprint density at radius 3 is 2.47 bits per heavy atom. The van der Waals surface area contributed by atoms with Crippen LogP contribution in [-0.4, -0.2) is 60.0 Å². The molecule has 0 amide bonds. The second-order valence-electron chi connectivity index (χ2n) is 12.5. The number of fused-ring (bicyclic) bond motifs is 5. The number of rotatable bonds is 7. The van der Waals surface area contributed by atoms with E-state index in [-0.39, 0.29) is 65.3 Å². The smallest absolute Gasteiger partial charge is 0.148 e. The van der Waals surface area contributed by atoms with E-state index >= 15 is 0 Å². The van der Waals surface area contributed by atoms with Gasteiger partial charge in [0.05, 0.1) is 23.6 Å². The molecule has 5 N–H and O–H groups in total. The fourth-order valence-electron chi connectivity index (χ4n) is 9.18. The Hall–Kier alpha value is -0.380. The molecule has 4 rings (SSSR count). The summed E-state index contributed by atoms with van der Waals surface area (Å²) in [7, 11) is 0. The fourth-order valence-corrected chi connectivity index (χ4v) is 9.67. The Morgan fingerprint density at radius 1 is 1.12 bits per heavy atom. The van der Waals surface area contributed by atoms with Crippen molar-refractivity contribution in [3.05, 3.63) is 0 Å². The quantitative estimate of drug-likeness (QED) is 0.394. The van der Waals surface area contributed by atoms with Gasteiger partial charge in [0.2, 0.25) is 0 Å². The second kappa shape index (κ2) is 9.82. The molecule has 196 valence electrons. The lowest BCUT2D eigenvalue weighted by Gasteiger charge is -2.63. The van der Waals surface area contributed by atoms with E-state index in [0.29, 0.717) is 18.8 Å². The molecule has 8 heteroatoms. The molecule has 0 heterocycles. The number of hydrogen-bond acceptors (Lipinski definition) is 7. The third-order valence-corrected chi connectivity index (χ3v) is 12.1. The van der Waals surface area contributed by atoms with Crippen LogP contribution in [0.2, 0.25) is 0 Å². The largest absolute Gasteiger partial charge is 0.772 e. The summed E-state index contributed by atoms with van der Waals surface area (Å²) in [4.78, 5) is 12.4. The van der Waals surface area contributed by atoms with Gasteiger partial charge in [0.1, 0.15) is 5.78 Å². The van der Waals surface area contributed by atoms with Gasteiger partial charge in [0.25, 0.3) is 0 Å². The van der Waals surface area contributed by atoms with Crippen LogP contribution in [0.25, 0.3) is 0 Å². The predicted molar refractivity (Wildman–Crippen MR) is 129 cm³/mol. The maximum Gasteiger partial charge on any atom is 0.148 e. The van der Waals surface area contributed by atoms with Crippen LogP contribution in [0.15, 0.2) is 0 Å². The van der Waals surface area contributed by atoms with Crippen molar-refractivity contribution in [2.24, 2.45) is 52.1 Å². The summed E-state index contributed by atoms with van der Waals surface area (Å²) in [6.45, 7) is 6.45. The van der Waals surface area contributed by atoms with Gasteiger partial charge < -0.3 is 25.6 Å². The number of aliphatic hydroxyl groups is 3. The molecule has 0 aromatic rings. The average Bonchev–Trinajstić information content (AvgIpc) is 3.13. The van der Waals surface area contributed by atoms with Crippen molar-refractivity contribution in [2.75, 3.05) is 6.54 Å². The molecule has 4 aliphatic carbocycles. The monoisotopic (exact) mass is 498 g/mol. The number of carbonyl (C=O) groups excluding carboxylic acids is 1. The molecule has 4 fully saturated rings. The highest BCUT2D eigenvalue weighted by Gasteiger charge is 2.65. The first-order valence-corrected chi connectivity index (χ1v) is 14.4. The average molecular weight is 499 g/mol. The molecule has 0 aliphatic heterocycles. The van der Waals surface area contributed by atoms with E-state index in [1.165, 1.54) is 0 Å². The van der Waals surface area contributed by atoms with E-state index in [4.69, 9.17) is 5.73 Å². The SMILES string of the molecule is CC(CCC(=O)C(CN)S(=O)[O-])C1CCC2C3C(O)CC4CC(O)CCC4(C)C3CC(O)C12C. The topological polar surface area (TPSA) is 144 Å². The Kier molecular flexibility index (Phi) is 7.71. The highest BCUT2D eigenvalue weighted by Crippen LogP contribution is 2.68. The lowest BCUT2D eigenvalue weighted by Crippen LogP contribution is -2.62. The molecule has 0 aromatic carbocycles. The van der Waals surface area contributed by atoms with Crippen molar-refractivity contribution in [2.45, 2.75) is 102 Å². The minimum Gasteiger partial charge on any atom is -0.772 e. The standard InChI is InChI=1S/C26H45NO6S/c1-14(4-7-20(29)22(13-27)34(32)33)17-5-6-18-24-19(12-23(31)26(17,18)3)25(2)9-8-16(28)10-15(25)11-21(24)30/h14-19,21-24,28,30-31H,4-13,27H2,1-3H3,(H,32,33)/p-1. The molecule has 7 nitrogen and oxygen atoms in total. The van der Waals surface area contributed by atoms with E-state index in [2.05, 4.69) is 20.8 Å². The normalized spacial score (nSPS) is 48.8. The maximum absolute atomic E-state index is 12.4. The summed E-state index contributed by atoms with van der Waals surface area (Å²) in [6, 6.07) is 0. The molecule has 0 saturated heterocycles. The van der Waals surface area contributed by atoms with Crippen molar-refractivity contribution in [3.63, 3.8) is 0 Å². The van der Waals surface area contributed by atoms with Gasteiger partial charge in [0, 0.05) is 13.0 Å². The van der Waals surface area contributed by atoms with Crippen LogP contribution in [0.5, 0.6) is 0 Å². The fraction of sp³-hybridized carbons (Fsp3) is 0.962. The molecule has 4 aliphatic rings. The van der Waals surface area contributed by atoms with Crippen LogP contribution in [0.4, 0.5) is 0 Å². The van der Waals surface area contributed by atoms with Crippen LogP contribution in [0.3, 0.4) is 0 Å². The highest BCUT2D eigenvalue weighted by atomic mass is 32.2. The van der Waals surface area contributed by atoms with Crippen molar-refractivity contribution in [1.82, 2.24) is 0 Å². The van der Waals surface area contributed by atoms with E-state index in [0.717, 1.165) is 38.5 Å². The summed E-state index contributed by atoms with van der Waals surface area (Å²) in [5.74, 6) is 1.01. The number of aliphatic hydroxyl groups excluding tert-OH is 3. The minimum absolute atomic E-state index is 0.0484. The lowest BCUT2D eigenvalue weighted by molar-refractivity contribution is -0.207. The van der Waals surface area contributed by atoms with E-state index in [1.807, 2.05) is 0 Å². The number of carbonyl (C=O) groups is 1. The van der Waals surface area contributed by atoms with Crippen molar-refractivity contribution in [1.29, 1.82) is 0 Å². The third kappa shape index (κ3) is 4.24. The molecule has 0 aromatic heterocycles. The Labute approximate surface area is 206 Å². The van der Waals surface area contributed by atoms with Crippen molar-refractivity contribution >= 4 is 16.9 Å². The zero-order valence-electron chi connectivity index (χ0n) is 20.9. The number of nitrogens with two attached hydrogens (primary N) is 1. The number of hydrogen-bond donors (Lipinski definition) is 4. The first-order valence-electron chi connectivity index (χ1n) is 13.3. The summed E-state index contributed by atoms with van der Waals surface area (Å²) < 4.78 is 22.6. The van der Waals surface area contributed by atoms with Gasteiger partial charge in [-0.3, -0.25) is 9.00 Å². The van der Waals surface area contributed by atoms with Gasteiger partial charge in [-0.1, -0.05) is 20.8 Å². The van der Waals surface area contributed by atoms with Crippen molar-refractivity contribution < 1.29 is 28.9 Å². The number of ketones is 1. The molecule has 4 saturated carbocycles. The summed E-state index contributed by atoms with van der Waals surface area (Å²) in [5, 5.41) is 32.1. The minimum atomic E-state index is -2.50. The zero-order valence-corrected chi connectivity index (χ0v) is 21.7. The van der Waals surface area contributed by atoms with Crippen LogP contribution < -0.4 is 5.73 Å². The number of Topliss-reactive ketones (excluding diaryl/α,β-unsaturated/α-hetero) is 1. The van der Waals surface area contributed by atoms with Crippen LogP contribution in [-0.2, 0) is 15.9 Å². The molecular formula is C26H44NO6S-. The summed E-state index contributed by atoms with van der Waals surface area (Å²) in [6.07, 6.45) is 5.46. The van der Waals surface area contributed by atoms with E-state index in [1.54, 1.807) is 0 Å². The molecular weight excluding hydrogens is 454 g/mol. The summed E-state index contributed by atoms with van der Waals surface area (Å²) in [5.41, 5.74) is 5.21. The lowest BCUT2D eigenvalue weighted by atomic mass is 9.43. The molecule has 0 bridgehead atoms. The van der Waals surface area contributed by atoms with Gasteiger partial charge in [-0.15, -0.1) is 0 Å². The summed E-state index contributed by atoms with van der Waals surface area (Å²) >= 11 is -2.50. The van der Waals surface area contributed by atoms with Gasteiger partial charge in [-0.25, -0.2) is 0 Å². The molecule has 0 spiro atoms. The van der Waals surface area contributed by atoms with Crippen LogP contribution in [0, 0.1) is 46.3 Å². The molecule has 0 radical (unpaired) electrons. The zero-order chi connectivity index (χ0) is 25.0. The maximum atomic E-state index is 12.4. The predicted octanol–water partition coefficient (Wildman–Crippen LogP) is 2.14. The second-order valence-corrected chi connectivity index (χ2v) is 13.6. The Morgan fingerprint density at radius 2 is 1.82 bits per heavy atom. The molecule has 13 atom stereocenters. The van der Waals surface area contributed by atoms with Crippen LogP contribution >= 0.6 is 0 Å². The van der Waals surface area contributed by atoms with E-state index in [9.17, 15) is 28.9 Å². The highest BCUT2D eigenvalue weighted by molar-refractivity contribution is 7.80. The first-order chi connectivity index (χ1) is 15.9. The molecule has 13 unspecified atom stereocenters. The van der Waals surface area contributed by atoms with E-state index < -0.39 is 28.5 Å². The Bertz CT molecular complexity index is 795. The Balaban J connectivity index is 1.51. The van der Waals surface area contributed by atoms with Crippen molar-refractivity contribution in [3.8, 4) is 0 Å². The van der Waals surface area contributed by atoms with Gasteiger partial charge in [0.15, 0.2) is 0 Å². The van der Waals surface area contributed by atoms with Gasteiger partial charge >= 0.3 is 0 Å². The van der Waals surface area contributed by atoms with Gasteiger partial charge in [-0.05, 0) is 109 Å².